The normalized spacial score (nSPS) is 10.6. The lowest BCUT2D eigenvalue weighted by Gasteiger charge is -2.04. The van der Waals surface area contributed by atoms with Crippen molar-refractivity contribution >= 4 is 26.6 Å². The van der Waals surface area contributed by atoms with E-state index in [0.29, 0.717) is 0 Å². The molecule has 0 amide bonds. The highest BCUT2D eigenvalue weighted by atomic mass is 29.5. The van der Waals surface area contributed by atoms with Crippen LogP contribution in [0.15, 0.2) is 30.3 Å². The van der Waals surface area contributed by atoms with Gasteiger partial charge in [0.05, 0.1) is 0 Å². The minimum Gasteiger partial charge on any atom is -0.0737 e. The molecule has 0 unspecified atom stereocenters. The van der Waals surface area contributed by atoms with Gasteiger partial charge in [0, 0.05) is 26.6 Å². The van der Waals surface area contributed by atoms with Crippen LogP contribution in [0.5, 0.6) is 0 Å². The summed E-state index contributed by atoms with van der Waals surface area (Å²) in [6, 6.07) is 12.1. The van der Waals surface area contributed by atoms with Crippen LogP contribution in [-0.4, -0.2) is 26.6 Å². The Morgan fingerprint density at radius 1 is 1.33 bits per heavy atom. The molecule has 0 saturated carbocycles. The summed E-state index contributed by atoms with van der Waals surface area (Å²) in [5.74, 6) is 0. The molecule has 0 aromatic heterocycles. The van der Waals surface area contributed by atoms with Crippen LogP contribution < -0.4 is 0 Å². The average molecular weight is 204 g/mol. The van der Waals surface area contributed by atoms with Gasteiger partial charge in [0.15, 0.2) is 0 Å². The Balaban J connectivity index is 2.33. The van der Waals surface area contributed by atoms with Crippen LogP contribution in [0, 0.1) is 0 Å². The van der Waals surface area contributed by atoms with E-state index in [0.717, 1.165) is 8.55 Å². The molecular formula is C9H12Si3. The Morgan fingerprint density at radius 2 is 2.00 bits per heavy atom. The molecule has 0 fully saturated rings. The first-order valence-corrected chi connectivity index (χ1v) is 9.82. The fourth-order valence-corrected chi connectivity index (χ4v) is 3.70. The first kappa shape index (κ1) is 9.95. The molecule has 0 N–H and O–H groups in total. The minimum absolute atomic E-state index is 0.0852. The zero-order valence-corrected chi connectivity index (χ0v) is 10.3. The van der Waals surface area contributed by atoms with Gasteiger partial charge in [0.25, 0.3) is 0 Å². The Kier molecular flexibility index (Phi) is 4.57. The maximum absolute atomic E-state index is 3.61. The van der Waals surface area contributed by atoms with Crippen LogP contribution in [0.3, 0.4) is 0 Å². The molecule has 0 bridgehead atoms. The van der Waals surface area contributed by atoms with Crippen molar-refractivity contribution in [2.45, 2.75) is 19.0 Å². The van der Waals surface area contributed by atoms with E-state index in [-0.39, 0.29) is 8.31 Å². The number of aryl methyl sites for hydroxylation is 1. The molecule has 1 rings (SSSR count). The Labute approximate surface area is 81.8 Å². The van der Waals surface area contributed by atoms with E-state index in [2.05, 4.69) is 46.6 Å². The number of hydrogen-bond acceptors (Lipinski definition) is 0. The van der Waals surface area contributed by atoms with Crippen molar-refractivity contribution in [1.82, 2.24) is 0 Å². The Morgan fingerprint density at radius 3 is 2.58 bits per heavy atom. The van der Waals surface area contributed by atoms with Crippen LogP contribution in [0.4, 0.5) is 0 Å². The monoisotopic (exact) mass is 204 g/mol. The lowest BCUT2D eigenvalue weighted by molar-refractivity contribution is 1.12. The summed E-state index contributed by atoms with van der Waals surface area (Å²) < 4.78 is 0. The van der Waals surface area contributed by atoms with Crippen molar-refractivity contribution in [2.75, 3.05) is 0 Å². The molecule has 0 aliphatic carbocycles. The SMILES string of the molecule is C[Si](CCc1ccccc1)[Si][Si]. The van der Waals surface area contributed by atoms with E-state index in [1.807, 2.05) is 0 Å². The Bertz CT molecular complexity index is 210. The van der Waals surface area contributed by atoms with Gasteiger partial charge in [-0.25, -0.2) is 0 Å². The van der Waals surface area contributed by atoms with Crippen molar-refractivity contribution in [1.29, 1.82) is 0 Å². The van der Waals surface area contributed by atoms with E-state index in [1.54, 1.807) is 0 Å². The van der Waals surface area contributed by atoms with Crippen LogP contribution >= 0.6 is 0 Å². The molecule has 0 nitrogen and oxygen atoms in total. The maximum atomic E-state index is 3.61. The number of hydrogen-bond donors (Lipinski definition) is 0. The van der Waals surface area contributed by atoms with Crippen molar-refractivity contribution in [3.8, 4) is 0 Å². The highest BCUT2D eigenvalue weighted by molar-refractivity contribution is 7.31. The van der Waals surface area contributed by atoms with Crippen molar-refractivity contribution in [2.24, 2.45) is 0 Å². The van der Waals surface area contributed by atoms with Gasteiger partial charge in [-0.2, -0.15) is 0 Å². The molecule has 3 heteroatoms. The van der Waals surface area contributed by atoms with E-state index in [4.69, 9.17) is 0 Å². The molecule has 0 aliphatic rings. The molecule has 60 valence electrons. The first-order chi connectivity index (χ1) is 5.83. The molecule has 12 heavy (non-hydrogen) atoms. The third-order valence-electron chi connectivity index (χ3n) is 1.84. The average Bonchev–Trinajstić information content (AvgIpc) is 2.16. The van der Waals surface area contributed by atoms with Gasteiger partial charge in [-0.05, 0) is 12.0 Å². The summed E-state index contributed by atoms with van der Waals surface area (Å²) in [5.41, 5.74) is 1.48. The highest BCUT2D eigenvalue weighted by Gasteiger charge is 2.00. The molecule has 1 aromatic rings. The second-order valence-electron chi connectivity index (χ2n) is 2.89. The zero-order valence-electron chi connectivity index (χ0n) is 7.30. The summed E-state index contributed by atoms with van der Waals surface area (Å²) >= 11 is 0. The standard InChI is InChI=1S/C9H12Si3/c1-12(11-10)8-7-9-5-3-2-4-6-9/h2-6H,7-8H2,1H3. The molecule has 0 spiro atoms. The topological polar surface area (TPSA) is 0 Å². The fourth-order valence-electron chi connectivity index (χ4n) is 1.04. The van der Waals surface area contributed by atoms with Crippen molar-refractivity contribution in [3.05, 3.63) is 35.9 Å². The quantitative estimate of drug-likeness (QED) is 0.654. The molecule has 0 heterocycles. The predicted octanol–water partition coefficient (Wildman–Crippen LogP) is 1.64. The van der Waals surface area contributed by atoms with Gasteiger partial charge in [-0.15, -0.1) is 0 Å². The minimum atomic E-state index is -0.0852. The first-order valence-electron chi connectivity index (χ1n) is 4.12. The molecule has 6 radical (unpaired) electrons. The predicted molar refractivity (Wildman–Crippen MR) is 58.1 cm³/mol. The summed E-state index contributed by atoms with van der Waals surface area (Å²) in [6.45, 7) is 2.39. The van der Waals surface area contributed by atoms with Crippen LogP contribution in [0.2, 0.25) is 12.6 Å². The maximum Gasteiger partial charge on any atom is 0.0274 e. The zero-order chi connectivity index (χ0) is 8.81. The summed E-state index contributed by atoms with van der Waals surface area (Å²) in [4.78, 5) is 0. The van der Waals surface area contributed by atoms with Gasteiger partial charge in [0.2, 0.25) is 0 Å². The largest absolute Gasteiger partial charge is 0.0737 e. The van der Waals surface area contributed by atoms with E-state index < -0.39 is 0 Å². The van der Waals surface area contributed by atoms with Crippen LogP contribution in [0.1, 0.15) is 5.56 Å². The molecule has 0 aliphatic heterocycles. The lowest BCUT2D eigenvalue weighted by atomic mass is 10.2. The van der Waals surface area contributed by atoms with Gasteiger partial charge in [-0.3, -0.25) is 0 Å². The van der Waals surface area contributed by atoms with Crippen LogP contribution in [-0.2, 0) is 6.42 Å². The fraction of sp³-hybridized carbons (Fsp3) is 0.333. The van der Waals surface area contributed by atoms with E-state index in [1.165, 1.54) is 18.0 Å². The molecule has 0 saturated heterocycles. The smallest absolute Gasteiger partial charge is 0.0274 e. The number of benzene rings is 1. The molecular weight excluding hydrogens is 192 g/mol. The third kappa shape index (κ3) is 3.51. The lowest BCUT2D eigenvalue weighted by Crippen LogP contribution is -2.18. The van der Waals surface area contributed by atoms with Gasteiger partial charge >= 0.3 is 0 Å². The van der Waals surface area contributed by atoms with Gasteiger partial charge in [0.1, 0.15) is 0 Å². The third-order valence-corrected chi connectivity index (χ3v) is 9.14. The van der Waals surface area contributed by atoms with Crippen LogP contribution in [0.25, 0.3) is 0 Å². The number of rotatable bonds is 4. The Hall–Kier alpha value is -0.129. The molecule has 1 aromatic carbocycles. The van der Waals surface area contributed by atoms with Gasteiger partial charge in [-0.1, -0.05) is 42.9 Å². The summed E-state index contributed by atoms with van der Waals surface area (Å²) in [6.07, 6.45) is 1.25. The highest BCUT2D eigenvalue weighted by Crippen LogP contribution is 2.04. The molecule has 0 atom stereocenters. The van der Waals surface area contributed by atoms with E-state index in [9.17, 15) is 0 Å². The van der Waals surface area contributed by atoms with Crippen molar-refractivity contribution in [3.63, 3.8) is 0 Å². The van der Waals surface area contributed by atoms with Crippen molar-refractivity contribution < 1.29 is 0 Å². The second kappa shape index (κ2) is 5.50. The second-order valence-corrected chi connectivity index (χ2v) is 10.8. The summed E-state index contributed by atoms with van der Waals surface area (Å²) in [5, 5.41) is 0. The summed E-state index contributed by atoms with van der Waals surface area (Å²) in [7, 11) is 4.51. The van der Waals surface area contributed by atoms with E-state index >= 15 is 0 Å². The van der Waals surface area contributed by atoms with Gasteiger partial charge < -0.3 is 0 Å².